The summed E-state index contributed by atoms with van der Waals surface area (Å²) in [6, 6.07) is 10.1. The van der Waals surface area contributed by atoms with Gasteiger partial charge in [-0.1, -0.05) is 35.3 Å². The van der Waals surface area contributed by atoms with E-state index in [1.54, 1.807) is 11.3 Å². The van der Waals surface area contributed by atoms with Crippen molar-refractivity contribution in [1.29, 1.82) is 0 Å². The quantitative estimate of drug-likeness (QED) is 0.842. The van der Waals surface area contributed by atoms with E-state index in [9.17, 15) is 0 Å². The van der Waals surface area contributed by atoms with Gasteiger partial charge in [0.05, 0.1) is 0 Å². The maximum atomic E-state index is 6.12. The first kappa shape index (κ1) is 12.9. The second-order valence-electron chi connectivity index (χ2n) is 3.82. The van der Waals surface area contributed by atoms with Gasteiger partial charge in [0.2, 0.25) is 0 Å². The van der Waals surface area contributed by atoms with Crippen LogP contribution in [-0.2, 0) is 6.54 Å². The summed E-state index contributed by atoms with van der Waals surface area (Å²) in [6.07, 6.45) is 0. The summed E-state index contributed by atoms with van der Waals surface area (Å²) in [5, 5.41) is 6.93. The molecule has 1 N–H and O–H groups in total. The molecule has 0 amide bonds. The van der Waals surface area contributed by atoms with Crippen LogP contribution in [0.5, 0.6) is 0 Å². The van der Waals surface area contributed by atoms with E-state index in [1.165, 1.54) is 4.88 Å². The van der Waals surface area contributed by atoms with Crippen LogP contribution < -0.4 is 5.32 Å². The van der Waals surface area contributed by atoms with Crippen molar-refractivity contribution in [1.82, 2.24) is 5.32 Å². The lowest BCUT2D eigenvalue weighted by atomic mass is 10.2. The lowest BCUT2D eigenvalue weighted by Gasteiger charge is -2.13. The third-order valence-corrected chi connectivity index (χ3v) is 4.38. The molecule has 0 aliphatic carbocycles. The molecular formula is C13H13Cl2NS. The van der Waals surface area contributed by atoms with E-state index in [1.807, 2.05) is 18.2 Å². The predicted molar refractivity (Wildman–Crippen MR) is 76.0 cm³/mol. The molecule has 0 fully saturated rings. The Labute approximate surface area is 115 Å². The van der Waals surface area contributed by atoms with E-state index >= 15 is 0 Å². The average molecular weight is 286 g/mol. The Kier molecular flexibility index (Phi) is 4.46. The third-order valence-electron chi connectivity index (χ3n) is 2.62. The molecule has 0 saturated carbocycles. The van der Waals surface area contributed by atoms with Crippen molar-refractivity contribution in [2.75, 3.05) is 0 Å². The highest BCUT2D eigenvalue weighted by Gasteiger charge is 2.09. The van der Waals surface area contributed by atoms with Gasteiger partial charge in [0.1, 0.15) is 0 Å². The Bertz CT molecular complexity index is 462. The maximum absolute atomic E-state index is 6.12. The number of hydrogen-bond acceptors (Lipinski definition) is 2. The molecule has 0 unspecified atom stereocenters. The van der Waals surface area contributed by atoms with Crippen LogP contribution in [0.1, 0.15) is 23.4 Å². The van der Waals surface area contributed by atoms with Gasteiger partial charge in [-0.05, 0) is 30.5 Å². The second-order valence-corrected chi connectivity index (χ2v) is 5.61. The van der Waals surface area contributed by atoms with Gasteiger partial charge < -0.3 is 5.32 Å². The summed E-state index contributed by atoms with van der Waals surface area (Å²) in [4.78, 5) is 1.31. The van der Waals surface area contributed by atoms with Crippen molar-refractivity contribution in [2.45, 2.75) is 19.5 Å². The van der Waals surface area contributed by atoms with Crippen molar-refractivity contribution in [3.63, 3.8) is 0 Å². The summed E-state index contributed by atoms with van der Waals surface area (Å²) >= 11 is 14.0. The fourth-order valence-corrected chi connectivity index (χ4v) is 2.88. The van der Waals surface area contributed by atoms with E-state index in [2.05, 4.69) is 29.8 Å². The van der Waals surface area contributed by atoms with Crippen molar-refractivity contribution in [3.05, 3.63) is 56.2 Å². The second kappa shape index (κ2) is 5.87. The van der Waals surface area contributed by atoms with Crippen LogP contribution in [0.3, 0.4) is 0 Å². The predicted octanol–water partition coefficient (Wildman–Crippen LogP) is 4.91. The summed E-state index contributed by atoms with van der Waals surface area (Å²) in [6.45, 7) is 2.81. The first-order valence-electron chi connectivity index (χ1n) is 5.38. The first-order chi connectivity index (χ1) is 8.18. The number of benzene rings is 1. The molecule has 17 heavy (non-hydrogen) atoms. The lowest BCUT2D eigenvalue weighted by Crippen LogP contribution is -2.17. The topological polar surface area (TPSA) is 12.0 Å². The average Bonchev–Trinajstić information content (AvgIpc) is 2.81. The molecule has 0 bridgehead atoms. The third kappa shape index (κ3) is 3.23. The highest BCUT2D eigenvalue weighted by atomic mass is 35.5. The summed E-state index contributed by atoms with van der Waals surface area (Å²) in [7, 11) is 0. The smallest absolute Gasteiger partial charge is 0.0465 e. The Morgan fingerprint density at radius 3 is 2.47 bits per heavy atom. The fraction of sp³-hybridized carbons (Fsp3) is 0.231. The molecule has 1 aromatic heterocycles. The molecular weight excluding hydrogens is 273 g/mol. The van der Waals surface area contributed by atoms with Gasteiger partial charge >= 0.3 is 0 Å². The summed E-state index contributed by atoms with van der Waals surface area (Å²) in [5.74, 6) is 0. The van der Waals surface area contributed by atoms with E-state index in [0.29, 0.717) is 22.6 Å². The number of thiophene rings is 1. The van der Waals surface area contributed by atoms with Gasteiger partial charge in [-0.3, -0.25) is 0 Å². The standard InChI is InChI=1S/C13H13Cl2NS/c1-9(13-6-3-7-17-13)16-8-10-11(14)4-2-5-12(10)15/h2-7,9,16H,8H2,1H3/t9-/m1/s1. The Balaban J connectivity index is 2.03. The molecule has 1 nitrogen and oxygen atoms in total. The molecule has 0 saturated heterocycles. The highest BCUT2D eigenvalue weighted by molar-refractivity contribution is 7.10. The Hall–Kier alpha value is -0.540. The van der Waals surface area contributed by atoms with Crippen molar-refractivity contribution in [2.24, 2.45) is 0 Å². The van der Waals surface area contributed by atoms with Crippen LogP contribution in [0.25, 0.3) is 0 Å². The van der Waals surface area contributed by atoms with Gasteiger partial charge in [-0.25, -0.2) is 0 Å². The van der Waals surface area contributed by atoms with E-state index in [-0.39, 0.29) is 0 Å². The Morgan fingerprint density at radius 2 is 1.88 bits per heavy atom. The van der Waals surface area contributed by atoms with Crippen LogP contribution in [-0.4, -0.2) is 0 Å². The molecule has 4 heteroatoms. The minimum atomic E-state index is 0.308. The van der Waals surface area contributed by atoms with Gasteiger partial charge in [-0.2, -0.15) is 0 Å². The number of hydrogen-bond donors (Lipinski definition) is 1. The molecule has 2 aromatic rings. The van der Waals surface area contributed by atoms with E-state index in [4.69, 9.17) is 23.2 Å². The van der Waals surface area contributed by atoms with Crippen LogP contribution in [0, 0.1) is 0 Å². The zero-order valence-corrected chi connectivity index (χ0v) is 11.7. The molecule has 1 aromatic carbocycles. The van der Waals surface area contributed by atoms with Crippen LogP contribution in [0.2, 0.25) is 10.0 Å². The SMILES string of the molecule is C[C@@H](NCc1c(Cl)cccc1Cl)c1cccs1. The van der Waals surface area contributed by atoms with E-state index in [0.717, 1.165) is 5.56 Å². The first-order valence-corrected chi connectivity index (χ1v) is 7.01. The maximum Gasteiger partial charge on any atom is 0.0465 e. The summed E-state index contributed by atoms with van der Waals surface area (Å²) < 4.78 is 0. The van der Waals surface area contributed by atoms with Crippen molar-refractivity contribution < 1.29 is 0 Å². The largest absolute Gasteiger partial charge is 0.305 e. The number of rotatable bonds is 4. The molecule has 1 heterocycles. The van der Waals surface area contributed by atoms with Crippen LogP contribution >= 0.6 is 34.5 Å². The summed E-state index contributed by atoms with van der Waals surface area (Å²) in [5.41, 5.74) is 0.958. The molecule has 2 rings (SSSR count). The van der Waals surface area contributed by atoms with Gasteiger partial charge in [0.25, 0.3) is 0 Å². The van der Waals surface area contributed by atoms with Crippen molar-refractivity contribution in [3.8, 4) is 0 Å². The zero-order chi connectivity index (χ0) is 12.3. The van der Waals surface area contributed by atoms with Crippen LogP contribution in [0.15, 0.2) is 35.7 Å². The van der Waals surface area contributed by atoms with Gasteiger partial charge in [-0.15, -0.1) is 11.3 Å². The minimum absolute atomic E-state index is 0.308. The molecule has 1 atom stereocenters. The Morgan fingerprint density at radius 1 is 1.18 bits per heavy atom. The minimum Gasteiger partial charge on any atom is -0.305 e. The van der Waals surface area contributed by atoms with Gasteiger partial charge in [0.15, 0.2) is 0 Å². The lowest BCUT2D eigenvalue weighted by molar-refractivity contribution is 0.583. The van der Waals surface area contributed by atoms with Gasteiger partial charge in [0, 0.05) is 33.1 Å². The monoisotopic (exact) mass is 285 g/mol. The number of nitrogens with one attached hydrogen (secondary N) is 1. The van der Waals surface area contributed by atoms with Crippen molar-refractivity contribution >= 4 is 34.5 Å². The molecule has 0 aliphatic heterocycles. The highest BCUT2D eigenvalue weighted by Crippen LogP contribution is 2.25. The van der Waals surface area contributed by atoms with E-state index < -0.39 is 0 Å². The molecule has 0 aliphatic rings. The molecule has 0 spiro atoms. The fourth-order valence-electron chi connectivity index (χ4n) is 1.59. The van der Waals surface area contributed by atoms with Crippen LogP contribution in [0.4, 0.5) is 0 Å². The molecule has 90 valence electrons. The number of halogens is 2. The normalized spacial score (nSPS) is 12.6. The zero-order valence-electron chi connectivity index (χ0n) is 9.41. The molecule has 0 radical (unpaired) electrons.